The Balaban J connectivity index is 0. The first-order valence-corrected chi connectivity index (χ1v) is 2.92. The minimum atomic E-state index is 0. The molecule has 4 nitrogen and oxygen atoms in total. The van der Waals surface area contributed by atoms with Crippen molar-refractivity contribution in [2.24, 2.45) is 0 Å². The Morgan fingerprint density at radius 3 is 2.50 bits per heavy atom. The van der Waals surface area contributed by atoms with Gasteiger partial charge >= 0.3 is 18.9 Å². The van der Waals surface area contributed by atoms with Crippen LogP contribution in [-0.4, -0.2) is 16.7 Å². The molecule has 0 atom stereocenters. The van der Waals surface area contributed by atoms with Gasteiger partial charge in [-0.2, -0.15) is 6.07 Å². The first kappa shape index (κ1) is 14.0. The number of nitrogens with two attached hydrogens (primary N) is 1. The van der Waals surface area contributed by atoms with Crippen molar-refractivity contribution in [2.45, 2.75) is 0 Å². The fourth-order valence-electron chi connectivity index (χ4n) is 0.536. The monoisotopic (exact) mass is 179 g/mol. The Bertz CT molecular complexity index is 270. The SMILES string of the molecule is Nc1nc(Cl)ccc1[C-]=O.[Li+].[OH-]. The molecule has 0 aliphatic carbocycles. The van der Waals surface area contributed by atoms with Crippen LogP contribution in [0.2, 0.25) is 5.15 Å². The van der Waals surface area contributed by atoms with Crippen LogP contribution in [-0.2, 0) is 4.79 Å². The van der Waals surface area contributed by atoms with Gasteiger partial charge in [0.25, 0.3) is 0 Å². The maximum Gasteiger partial charge on any atom is 1.00 e. The number of hydrogen-bond donors (Lipinski definition) is 1. The van der Waals surface area contributed by atoms with Crippen LogP contribution in [0.15, 0.2) is 12.1 Å². The van der Waals surface area contributed by atoms with Gasteiger partial charge in [0, 0.05) is 5.82 Å². The minimum absolute atomic E-state index is 0. The molecule has 0 unspecified atom stereocenters. The quantitative estimate of drug-likeness (QED) is 0.296. The predicted octanol–water partition coefficient (Wildman–Crippen LogP) is -2.40. The molecule has 12 heavy (non-hydrogen) atoms. The topological polar surface area (TPSA) is 86.0 Å². The number of nitrogen functional groups attached to an aromatic ring is 1. The molecule has 0 aliphatic heterocycles. The van der Waals surface area contributed by atoms with E-state index in [1.807, 2.05) is 0 Å². The van der Waals surface area contributed by atoms with Gasteiger partial charge in [-0.05, 0) is 0 Å². The maximum atomic E-state index is 10.1. The average molecular weight is 180 g/mol. The predicted molar refractivity (Wildman–Crippen MR) is 40.4 cm³/mol. The van der Waals surface area contributed by atoms with Gasteiger partial charge in [-0.1, -0.05) is 17.7 Å². The van der Waals surface area contributed by atoms with Crippen molar-refractivity contribution in [3.8, 4) is 0 Å². The summed E-state index contributed by atoms with van der Waals surface area (Å²) in [6.07, 6.45) is 1.63. The number of aromatic nitrogens is 1. The number of anilines is 1. The van der Waals surface area contributed by atoms with Gasteiger partial charge in [0.15, 0.2) is 0 Å². The maximum absolute atomic E-state index is 10.1. The van der Waals surface area contributed by atoms with E-state index in [4.69, 9.17) is 17.3 Å². The molecule has 60 valence electrons. The zero-order valence-electron chi connectivity index (χ0n) is 6.41. The van der Waals surface area contributed by atoms with Gasteiger partial charge < -0.3 is 16.0 Å². The Kier molecular flexibility index (Phi) is 7.05. The molecular weight excluding hydrogens is 174 g/mol. The van der Waals surface area contributed by atoms with Crippen LogP contribution in [0.4, 0.5) is 5.82 Å². The molecule has 6 heteroatoms. The van der Waals surface area contributed by atoms with E-state index < -0.39 is 0 Å². The summed E-state index contributed by atoms with van der Waals surface area (Å²) in [5, 5.41) is 0.275. The van der Waals surface area contributed by atoms with E-state index in [2.05, 4.69) is 4.98 Å². The first-order valence-electron chi connectivity index (χ1n) is 2.54. The zero-order valence-corrected chi connectivity index (χ0v) is 7.17. The summed E-state index contributed by atoms with van der Waals surface area (Å²) in [4.78, 5) is 13.7. The van der Waals surface area contributed by atoms with Crippen molar-refractivity contribution in [2.75, 3.05) is 5.73 Å². The van der Waals surface area contributed by atoms with Crippen molar-refractivity contribution in [3.63, 3.8) is 0 Å². The second-order valence-electron chi connectivity index (χ2n) is 1.67. The van der Waals surface area contributed by atoms with E-state index in [1.165, 1.54) is 12.1 Å². The number of rotatable bonds is 1. The fourth-order valence-corrected chi connectivity index (χ4v) is 0.690. The van der Waals surface area contributed by atoms with Gasteiger partial charge in [-0.15, -0.1) is 5.56 Å². The van der Waals surface area contributed by atoms with E-state index in [0.29, 0.717) is 0 Å². The Hall–Kier alpha value is -0.533. The second-order valence-corrected chi connectivity index (χ2v) is 2.06. The van der Waals surface area contributed by atoms with Crippen LogP contribution in [0.25, 0.3) is 0 Å². The molecule has 1 rings (SSSR count). The third kappa shape index (κ3) is 3.24. The van der Waals surface area contributed by atoms with Gasteiger partial charge in [0.1, 0.15) is 5.15 Å². The molecule has 3 N–H and O–H groups in total. The van der Waals surface area contributed by atoms with E-state index in [1.54, 1.807) is 6.29 Å². The van der Waals surface area contributed by atoms with Crippen LogP contribution in [0.3, 0.4) is 0 Å². The standard InChI is InChI=1S/C6H4ClN2O.Li.H2O/c7-5-2-1-4(3-10)6(8)9-5;;/h1-2H,(H2,8,9);;1H2/q-1;+1;/p-1. The molecule has 0 radical (unpaired) electrons. The van der Waals surface area contributed by atoms with Crippen molar-refractivity contribution >= 4 is 23.7 Å². The molecule has 0 saturated heterocycles. The van der Waals surface area contributed by atoms with Crippen LogP contribution in [0.5, 0.6) is 0 Å². The zero-order chi connectivity index (χ0) is 7.56. The van der Waals surface area contributed by atoms with Crippen LogP contribution >= 0.6 is 11.6 Å². The number of hydrogen-bond acceptors (Lipinski definition) is 4. The van der Waals surface area contributed by atoms with Crippen LogP contribution in [0.1, 0.15) is 5.56 Å². The third-order valence-electron chi connectivity index (χ3n) is 1.00. The molecule has 0 aliphatic rings. The van der Waals surface area contributed by atoms with Crippen molar-refractivity contribution in [1.82, 2.24) is 4.98 Å². The normalized spacial score (nSPS) is 7.75. The van der Waals surface area contributed by atoms with Crippen LogP contribution in [0, 0.1) is 0 Å². The fraction of sp³-hybridized carbons (Fsp3) is 0. The van der Waals surface area contributed by atoms with Crippen molar-refractivity contribution < 1.29 is 29.1 Å². The Labute approximate surface area is 86.6 Å². The van der Waals surface area contributed by atoms with Gasteiger partial charge in [0.2, 0.25) is 0 Å². The number of halogens is 1. The summed E-state index contributed by atoms with van der Waals surface area (Å²) in [5.41, 5.74) is 5.51. The van der Waals surface area contributed by atoms with E-state index in [0.717, 1.165) is 0 Å². The first-order chi connectivity index (χ1) is 4.74. The number of nitrogens with zero attached hydrogens (tertiary/aromatic N) is 1. The van der Waals surface area contributed by atoms with Gasteiger partial charge in [-0.3, -0.25) is 4.98 Å². The Morgan fingerprint density at radius 2 is 2.08 bits per heavy atom. The summed E-state index contributed by atoms with van der Waals surface area (Å²) in [5.74, 6) is 0.113. The van der Waals surface area contributed by atoms with Crippen LogP contribution < -0.4 is 24.6 Å². The van der Waals surface area contributed by atoms with Crippen molar-refractivity contribution in [1.29, 1.82) is 0 Å². The summed E-state index contributed by atoms with van der Waals surface area (Å²) in [6, 6.07) is 2.95. The summed E-state index contributed by atoms with van der Waals surface area (Å²) in [7, 11) is 0. The molecule has 0 bridgehead atoms. The van der Waals surface area contributed by atoms with Crippen molar-refractivity contribution in [3.05, 3.63) is 22.8 Å². The molecule has 1 aromatic heterocycles. The van der Waals surface area contributed by atoms with E-state index in [-0.39, 0.29) is 40.9 Å². The molecular formula is C6H5ClLiN2O2-. The molecule has 0 fully saturated rings. The molecule has 0 aromatic carbocycles. The average Bonchev–Trinajstić information content (AvgIpc) is 1.88. The number of pyridine rings is 1. The van der Waals surface area contributed by atoms with E-state index in [9.17, 15) is 4.79 Å². The summed E-state index contributed by atoms with van der Waals surface area (Å²) < 4.78 is 0. The molecule has 0 spiro atoms. The third-order valence-corrected chi connectivity index (χ3v) is 1.21. The smallest absolute Gasteiger partial charge is 0.870 e. The number of carbonyl (C=O) groups excluding carboxylic acids is 1. The largest absolute Gasteiger partial charge is 1.00 e. The van der Waals surface area contributed by atoms with Gasteiger partial charge in [-0.25, -0.2) is 0 Å². The van der Waals surface area contributed by atoms with E-state index >= 15 is 0 Å². The molecule has 0 amide bonds. The summed E-state index contributed by atoms with van der Waals surface area (Å²) in [6.45, 7) is 0. The Morgan fingerprint density at radius 1 is 1.50 bits per heavy atom. The minimum Gasteiger partial charge on any atom is -0.870 e. The molecule has 0 saturated carbocycles. The second kappa shape index (κ2) is 6.04. The molecule has 1 heterocycles. The molecule has 1 aromatic rings. The summed E-state index contributed by atoms with van der Waals surface area (Å²) >= 11 is 5.45. The van der Waals surface area contributed by atoms with Gasteiger partial charge in [0.05, 0.1) is 6.29 Å².